The van der Waals surface area contributed by atoms with Crippen LogP contribution < -0.4 is 5.32 Å². The lowest BCUT2D eigenvalue weighted by atomic mass is 10.4. The molecule has 0 radical (unpaired) electrons. The maximum Gasteiger partial charge on any atom is 0.148 e. The molecule has 0 aliphatic carbocycles. The molecule has 1 aromatic heterocycles. The van der Waals surface area contributed by atoms with Gasteiger partial charge in [-0.1, -0.05) is 0 Å². The maximum atomic E-state index is 3.96. The van der Waals surface area contributed by atoms with Crippen molar-refractivity contribution in [1.29, 1.82) is 0 Å². The van der Waals surface area contributed by atoms with Gasteiger partial charge in [0.1, 0.15) is 5.82 Å². The van der Waals surface area contributed by atoms with Gasteiger partial charge < -0.3 is 10.2 Å². The summed E-state index contributed by atoms with van der Waals surface area (Å²) in [6.45, 7) is 4.57. The lowest BCUT2D eigenvalue weighted by Crippen LogP contribution is -2.26. The Bertz CT molecular complexity index is 256. The molecule has 0 atom stereocenters. The first-order chi connectivity index (χ1) is 6.95. The van der Waals surface area contributed by atoms with E-state index < -0.39 is 0 Å². The van der Waals surface area contributed by atoms with Crippen molar-refractivity contribution in [2.24, 2.45) is 0 Å². The van der Waals surface area contributed by atoms with Gasteiger partial charge in [-0.2, -0.15) is 5.10 Å². The van der Waals surface area contributed by atoms with Gasteiger partial charge in [-0.15, -0.1) is 5.10 Å². The zero-order valence-electron chi connectivity index (χ0n) is 8.32. The molecule has 14 heavy (non-hydrogen) atoms. The van der Waals surface area contributed by atoms with Crippen molar-refractivity contribution in [3.63, 3.8) is 0 Å². The number of rotatable bonds is 4. The van der Waals surface area contributed by atoms with Crippen LogP contribution >= 0.6 is 0 Å². The molecule has 1 aliphatic rings. The predicted octanol–water partition coefficient (Wildman–Crippen LogP) is 0.984. The Morgan fingerprint density at radius 1 is 1.36 bits per heavy atom. The zero-order chi connectivity index (χ0) is 9.64. The number of hydrogen-bond acceptors (Lipinski definition) is 4. The highest BCUT2D eigenvalue weighted by Crippen LogP contribution is 2.06. The van der Waals surface area contributed by atoms with E-state index in [1.54, 1.807) is 6.20 Å². The van der Waals surface area contributed by atoms with Gasteiger partial charge in [-0.05, 0) is 38.1 Å². The summed E-state index contributed by atoms with van der Waals surface area (Å²) in [6, 6.07) is 3.84. The normalized spacial score (nSPS) is 17.1. The first-order valence-electron chi connectivity index (χ1n) is 5.19. The molecule has 1 saturated heterocycles. The summed E-state index contributed by atoms with van der Waals surface area (Å²) < 4.78 is 0. The highest BCUT2D eigenvalue weighted by atomic mass is 15.2. The van der Waals surface area contributed by atoms with Crippen LogP contribution in [0.3, 0.4) is 0 Å². The fourth-order valence-electron chi connectivity index (χ4n) is 1.74. The molecule has 0 unspecified atom stereocenters. The van der Waals surface area contributed by atoms with Gasteiger partial charge in [0, 0.05) is 19.3 Å². The maximum absolute atomic E-state index is 3.96. The number of anilines is 1. The third-order valence-corrected chi connectivity index (χ3v) is 2.51. The van der Waals surface area contributed by atoms with E-state index in [1.165, 1.54) is 25.9 Å². The Hall–Kier alpha value is -1.16. The second kappa shape index (κ2) is 4.91. The molecule has 0 aromatic carbocycles. The lowest BCUT2D eigenvalue weighted by Gasteiger charge is -2.14. The molecule has 2 heterocycles. The Kier molecular flexibility index (Phi) is 3.29. The van der Waals surface area contributed by atoms with Gasteiger partial charge in [-0.25, -0.2) is 0 Å². The van der Waals surface area contributed by atoms with Gasteiger partial charge >= 0.3 is 0 Å². The predicted molar refractivity (Wildman–Crippen MR) is 56.2 cm³/mol. The minimum Gasteiger partial charge on any atom is -0.367 e. The van der Waals surface area contributed by atoms with Crippen molar-refractivity contribution in [2.75, 3.05) is 31.5 Å². The fourth-order valence-corrected chi connectivity index (χ4v) is 1.74. The van der Waals surface area contributed by atoms with Gasteiger partial charge in [-0.3, -0.25) is 0 Å². The van der Waals surface area contributed by atoms with Crippen molar-refractivity contribution in [3.8, 4) is 0 Å². The second-order valence-electron chi connectivity index (χ2n) is 3.58. The van der Waals surface area contributed by atoms with Crippen molar-refractivity contribution < 1.29 is 0 Å². The Balaban J connectivity index is 1.67. The van der Waals surface area contributed by atoms with Crippen molar-refractivity contribution in [3.05, 3.63) is 18.3 Å². The molecule has 4 heteroatoms. The smallest absolute Gasteiger partial charge is 0.148 e. The molecule has 1 N–H and O–H groups in total. The van der Waals surface area contributed by atoms with Crippen LogP contribution in [0.5, 0.6) is 0 Å². The standard InChI is InChI=1S/C10H16N4/c1-2-8-14(7-1)9-6-11-10-4-3-5-12-13-10/h3-5H,1-2,6-9H2,(H,11,13). The van der Waals surface area contributed by atoms with Gasteiger partial charge in [0.25, 0.3) is 0 Å². The first kappa shape index (κ1) is 9.40. The zero-order valence-corrected chi connectivity index (χ0v) is 8.32. The molecule has 1 aromatic rings. The highest BCUT2D eigenvalue weighted by molar-refractivity contribution is 5.31. The van der Waals surface area contributed by atoms with E-state index in [1.807, 2.05) is 12.1 Å². The van der Waals surface area contributed by atoms with E-state index in [-0.39, 0.29) is 0 Å². The molecule has 2 rings (SSSR count). The van der Waals surface area contributed by atoms with Gasteiger partial charge in [0.2, 0.25) is 0 Å². The van der Waals surface area contributed by atoms with Crippen molar-refractivity contribution >= 4 is 5.82 Å². The van der Waals surface area contributed by atoms with E-state index >= 15 is 0 Å². The molecule has 76 valence electrons. The van der Waals surface area contributed by atoms with Crippen LogP contribution in [0.15, 0.2) is 18.3 Å². The summed E-state index contributed by atoms with van der Waals surface area (Å²) in [5.41, 5.74) is 0. The van der Waals surface area contributed by atoms with E-state index in [0.29, 0.717) is 0 Å². The number of nitrogens with zero attached hydrogens (tertiary/aromatic N) is 3. The van der Waals surface area contributed by atoms with Crippen molar-refractivity contribution in [1.82, 2.24) is 15.1 Å². The Morgan fingerprint density at radius 2 is 2.21 bits per heavy atom. The second-order valence-corrected chi connectivity index (χ2v) is 3.58. The summed E-state index contributed by atoms with van der Waals surface area (Å²) in [5.74, 6) is 0.867. The van der Waals surface area contributed by atoms with Crippen LogP contribution in [0.2, 0.25) is 0 Å². The molecule has 0 saturated carbocycles. The molecule has 1 fully saturated rings. The molecule has 4 nitrogen and oxygen atoms in total. The average Bonchev–Trinajstić information content (AvgIpc) is 2.72. The fraction of sp³-hybridized carbons (Fsp3) is 0.600. The summed E-state index contributed by atoms with van der Waals surface area (Å²) in [4.78, 5) is 2.48. The molecular weight excluding hydrogens is 176 g/mol. The molecule has 0 spiro atoms. The van der Waals surface area contributed by atoms with Crippen LogP contribution in [0.25, 0.3) is 0 Å². The Labute approximate surface area is 84.3 Å². The largest absolute Gasteiger partial charge is 0.367 e. The topological polar surface area (TPSA) is 41.1 Å². The number of hydrogen-bond donors (Lipinski definition) is 1. The summed E-state index contributed by atoms with van der Waals surface area (Å²) in [5, 5.41) is 11.0. The number of aromatic nitrogens is 2. The minimum absolute atomic E-state index is 0.867. The van der Waals surface area contributed by atoms with Gasteiger partial charge in [0.15, 0.2) is 0 Å². The average molecular weight is 192 g/mol. The molecule has 1 aliphatic heterocycles. The minimum atomic E-state index is 0.867. The van der Waals surface area contributed by atoms with E-state index in [4.69, 9.17) is 0 Å². The first-order valence-corrected chi connectivity index (χ1v) is 5.19. The number of likely N-dealkylation sites (tertiary alicyclic amines) is 1. The summed E-state index contributed by atoms with van der Waals surface area (Å²) in [7, 11) is 0. The quantitative estimate of drug-likeness (QED) is 0.772. The SMILES string of the molecule is c1cnnc(NCCN2CCCC2)c1. The summed E-state index contributed by atoms with van der Waals surface area (Å²) in [6.07, 6.45) is 4.39. The lowest BCUT2D eigenvalue weighted by molar-refractivity contribution is 0.352. The highest BCUT2D eigenvalue weighted by Gasteiger charge is 2.09. The van der Waals surface area contributed by atoms with Gasteiger partial charge in [0.05, 0.1) is 0 Å². The van der Waals surface area contributed by atoms with E-state index in [0.717, 1.165) is 18.9 Å². The molecular formula is C10H16N4. The number of nitrogens with one attached hydrogen (secondary N) is 1. The van der Waals surface area contributed by atoms with Crippen LogP contribution in [0.1, 0.15) is 12.8 Å². The van der Waals surface area contributed by atoms with Crippen LogP contribution in [0, 0.1) is 0 Å². The van der Waals surface area contributed by atoms with E-state index in [2.05, 4.69) is 20.4 Å². The monoisotopic (exact) mass is 192 g/mol. The third kappa shape index (κ3) is 2.67. The van der Waals surface area contributed by atoms with Crippen molar-refractivity contribution in [2.45, 2.75) is 12.8 Å². The van der Waals surface area contributed by atoms with Crippen LogP contribution in [-0.4, -0.2) is 41.3 Å². The Morgan fingerprint density at radius 3 is 2.93 bits per heavy atom. The van der Waals surface area contributed by atoms with E-state index in [9.17, 15) is 0 Å². The molecule has 0 bridgehead atoms. The third-order valence-electron chi connectivity index (χ3n) is 2.51. The van der Waals surface area contributed by atoms with Crippen LogP contribution in [0.4, 0.5) is 5.82 Å². The summed E-state index contributed by atoms with van der Waals surface area (Å²) >= 11 is 0. The van der Waals surface area contributed by atoms with Crippen LogP contribution in [-0.2, 0) is 0 Å². The molecule has 0 amide bonds.